The van der Waals surface area contributed by atoms with Crippen LogP contribution in [0.25, 0.3) is 22.8 Å². The molecular formula is C38H29N5O7. The predicted molar refractivity (Wildman–Crippen MR) is 181 cm³/mol. The van der Waals surface area contributed by atoms with Gasteiger partial charge in [0.2, 0.25) is 0 Å². The van der Waals surface area contributed by atoms with Gasteiger partial charge in [-0.25, -0.2) is 14.6 Å². The molecule has 1 aliphatic rings. The molecule has 0 N–H and O–H groups in total. The standard InChI is InChI=1S/C38H29N5O7/c44-34-17-20-42(38(47)43(34)36(45)25-11-3-1-4-12-25)35-23-32(50-37(46)26-13-5-2-6-14-26)33(49-35)24-48-27-21-30(28-15-7-9-18-39-28)41-31(22-27)29-16-8-10-19-40-29/h1-22,32-33,35H,23-24H2/t32-,33+,35+/m0/s1. The fraction of sp³-hybridized carbons (Fsp3) is 0.132. The highest BCUT2D eigenvalue weighted by molar-refractivity contribution is 5.95. The zero-order valence-corrected chi connectivity index (χ0v) is 26.4. The second kappa shape index (κ2) is 14.3. The second-order valence-electron chi connectivity index (χ2n) is 11.3. The third kappa shape index (κ3) is 6.86. The number of benzene rings is 2. The Morgan fingerprint density at radius 2 is 1.34 bits per heavy atom. The van der Waals surface area contributed by atoms with Crippen LogP contribution >= 0.6 is 0 Å². The average Bonchev–Trinajstić information content (AvgIpc) is 3.57. The first-order chi connectivity index (χ1) is 24.4. The van der Waals surface area contributed by atoms with E-state index in [1.807, 2.05) is 36.4 Å². The molecular weight excluding hydrogens is 638 g/mol. The molecule has 0 bridgehead atoms. The summed E-state index contributed by atoms with van der Waals surface area (Å²) < 4.78 is 20.2. The van der Waals surface area contributed by atoms with E-state index in [4.69, 9.17) is 19.2 Å². The van der Waals surface area contributed by atoms with Gasteiger partial charge < -0.3 is 14.2 Å². The number of nitrogens with zero attached hydrogens (tertiary/aromatic N) is 5. The van der Waals surface area contributed by atoms with E-state index in [9.17, 15) is 19.2 Å². The van der Waals surface area contributed by atoms with Crippen molar-refractivity contribution in [3.8, 4) is 28.5 Å². The summed E-state index contributed by atoms with van der Waals surface area (Å²) in [5.41, 5.74) is 1.20. The fourth-order valence-corrected chi connectivity index (χ4v) is 5.59. The second-order valence-corrected chi connectivity index (χ2v) is 11.3. The van der Waals surface area contributed by atoms with Gasteiger partial charge in [0.05, 0.1) is 28.3 Å². The summed E-state index contributed by atoms with van der Waals surface area (Å²) in [6.07, 6.45) is 1.93. The first-order valence-electron chi connectivity index (χ1n) is 15.8. The van der Waals surface area contributed by atoms with Crippen molar-refractivity contribution >= 4 is 11.9 Å². The highest BCUT2D eigenvalue weighted by Gasteiger charge is 2.40. The Bertz CT molecular complexity index is 2190. The average molecular weight is 668 g/mol. The van der Waals surface area contributed by atoms with Crippen molar-refractivity contribution in [2.24, 2.45) is 0 Å². The van der Waals surface area contributed by atoms with Crippen LogP contribution in [-0.4, -0.2) is 54.8 Å². The Hall–Kier alpha value is -6.53. The monoisotopic (exact) mass is 667 g/mol. The van der Waals surface area contributed by atoms with Crippen molar-refractivity contribution in [1.29, 1.82) is 0 Å². The van der Waals surface area contributed by atoms with E-state index in [1.54, 1.807) is 73.1 Å². The van der Waals surface area contributed by atoms with E-state index in [0.717, 1.165) is 10.6 Å². The molecule has 12 heteroatoms. The Kier molecular flexibility index (Phi) is 9.16. The van der Waals surface area contributed by atoms with E-state index >= 15 is 0 Å². The van der Waals surface area contributed by atoms with Gasteiger partial charge in [-0.05, 0) is 48.5 Å². The van der Waals surface area contributed by atoms with Crippen LogP contribution in [0.2, 0.25) is 0 Å². The van der Waals surface area contributed by atoms with E-state index in [2.05, 4.69) is 9.97 Å². The Labute approximate surface area is 285 Å². The van der Waals surface area contributed by atoms with Gasteiger partial charge in [0.25, 0.3) is 11.5 Å². The summed E-state index contributed by atoms with van der Waals surface area (Å²) in [5.74, 6) is -0.925. The van der Waals surface area contributed by atoms with Gasteiger partial charge in [-0.3, -0.25) is 24.1 Å². The van der Waals surface area contributed by atoms with Crippen molar-refractivity contribution in [3.05, 3.63) is 166 Å². The van der Waals surface area contributed by atoms with Crippen LogP contribution in [0.4, 0.5) is 0 Å². The molecule has 5 heterocycles. The molecule has 6 aromatic rings. The van der Waals surface area contributed by atoms with Gasteiger partial charge in [0.15, 0.2) is 0 Å². The zero-order valence-electron chi connectivity index (χ0n) is 26.4. The number of hydrogen-bond acceptors (Lipinski definition) is 10. The van der Waals surface area contributed by atoms with Crippen LogP contribution in [-0.2, 0) is 9.47 Å². The number of esters is 1. The van der Waals surface area contributed by atoms with E-state index in [0.29, 0.717) is 38.7 Å². The molecule has 12 nitrogen and oxygen atoms in total. The molecule has 3 atom stereocenters. The molecule has 1 aliphatic heterocycles. The predicted octanol–water partition coefficient (Wildman–Crippen LogP) is 4.81. The lowest BCUT2D eigenvalue weighted by Gasteiger charge is -2.20. The van der Waals surface area contributed by atoms with Gasteiger partial charge >= 0.3 is 11.7 Å². The lowest BCUT2D eigenvalue weighted by atomic mass is 10.1. The van der Waals surface area contributed by atoms with Crippen LogP contribution in [0.1, 0.15) is 33.4 Å². The van der Waals surface area contributed by atoms with Crippen molar-refractivity contribution in [3.63, 3.8) is 0 Å². The fourth-order valence-electron chi connectivity index (χ4n) is 5.59. The van der Waals surface area contributed by atoms with Gasteiger partial charge in [-0.1, -0.05) is 48.5 Å². The Balaban J connectivity index is 1.20. The van der Waals surface area contributed by atoms with Crippen LogP contribution in [0.15, 0.2) is 143 Å². The highest BCUT2D eigenvalue weighted by atomic mass is 16.6. The minimum atomic E-state index is -0.995. The highest BCUT2D eigenvalue weighted by Crippen LogP contribution is 2.32. The molecule has 0 radical (unpaired) electrons. The normalized spacial score (nSPS) is 16.8. The van der Waals surface area contributed by atoms with Crippen LogP contribution < -0.4 is 16.0 Å². The summed E-state index contributed by atoms with van der Waals surface area (Å²) in [5, 5.41) is 0. The number of ether oxygens (including phenoxy) is 3. The first kappa shape index (κ1) is 32.0. The van der Waals surface area contributed by atoms with Crippen molar-refractivity contribution in [1.82, 2.24) is 24.1 Å². The smallest absolute Gasteiger partial charge is 0.340 e. The molecule has 0 spiro atoms. The topological polar surface area (TPSA) is 144 Å². The SMILES string of the molecule is O=C(O[C@H]1C[C@H](n2ccc(=O)n(C(=O)c3ccccc3)c2=O)O[C@@H]1COc1cc(-c2ccccn2)nc(-c2ccccn2)c1)c1ccccc1. The van der Waals surface area contributed by atoms with E-state index < -0.39 is 41.6 Å². The van der Waals surface area contributed by atoms with Crippen LogP contribution in [0.3, 0.4) is 0 Å². The van der Waals surface area contributed by atoms with E-state index in [-0.39, 0.29) is 18.6 Å². The van der Waals surface area contributed by atoms with Crippen molar-refractivity contribution in [2.75, 3.05) is 6.61 Å². The van der Waals surface area contributed by atoms with Gasteiger partial charge in [-0.15, -0.1) is 0 Å². The Morgan fingerprint density at radius 1 is 0.740 bits per heavy atom. The zero-order chi connectivity index (χ0) is 34.5. The molecule has 0 aliphatic carbocycles. The number of aromatic nitrogens is 5. The lowest BCUT2D eigenvalue weighted by Crippen LogP contribution is -2.44. The molecule has 0 unspecified atom stereocenters. The van der Waals surface area contributed by atoms with E-state index in [1.165, 1.54) is 18.3 Å². The minimum absolute atomic E-state index is 0.0406. The Morgan fingerprint density at radius 3 is 1.94 bits per heavy atom. The van der Waals surface area contributed by atoms with Gasteiger partial charge in [0, 0.05) is 48.8 Å². The number of carbonyl (C=O) groups is 2. The molecule has 7 rings (SSSR count). The molecule has 1 saturated heterocycles. The molecule has 4 aromatic heterocycles. The molecule has 0 amide bonds. The summed E-state index contributed by atoms with van der Waals surface area (Å²) in [4.78, 5) is 66.4. The summed E-state index contributed by atoms with van der Waals surface area (Å²) in [7, 11) is 0. The molecule has 1 fully saturated rings. The summed E-state index contributed by atoms with van der Waals surface area (Å²) >= 11 is 0. The molecule has 248 valence electrons. The lowest BCUT2D eigenvalue weighted by molar-refractivity contribution is -0.0479. The molecule has 2 aromatic carbocycles. The number of pyridine rings is 3. The maximum atomic E-state index is 13.6. The maximum Gasteiger partial charge on any atom is 0.340 e. The number of rotatable bonds is 9. The quantitative estimate of drug-likeness (QED) is 0.197. The molecule has 50 heavy (non-hydrogen) atoms. The minimum Gasteiger partial charge on any atom is -0.491 e. The first-order valence-corrected chi connectivity index (χ1v) is 15.8. The van der Waals surface area contributed by atoms with Crippen LogP contribution in [0, 0.1) is 0 Å². The summed E-state index contributed by atoms with van der Waals surface area (Å²) in [6.45, 7) is -0.0894. The third-order valence-corrected chi connectivity index (χ3v) is 8.06. The largest absolute Gasteiger partial charge is 0.491 e. The molecule has 0 saturated carbocycles. The third-order valence-electron chi connectivity index (χ3n) is 8.06. The van der Waals surface area contributed by atoms with Crippen LogP contribution in [0.5, 0.6) is 5.75 Å². The summed E-state index contributed by atoms with van der Waals surface area (Å²) in [6, 6.07) is 32.1. The number of carbonyl (C=O) groups excluding carboxylic acids is 2. The maximum absolute atomic E-state index is 13.6. The van der Waals surface area contributed by atoms with Gasteiger partial charge in [0.1, 0.15) is 30.8 Å². The number of hydrogen-bond donors (Lipinski definition) is 0. The van der Waals surface area contributed by atoms with Crippen molar-refractivity contribution in [2.45, 2.75) is 24.9 Å². The van der Waals surface area contributed by atoms with Crippen molar-refractivity contribution < 1.29 is 23.8 Å². The van der Waals surface area contributed by atoms with Gasteiger partial charge in [-0.2, -0.15) is 4.57 Å².